The highest BCUT2D eigenvalue weighted by Gasteiger charge is 2.53. The van der Waals surface area contributed by atoms with E-state index in [0.717, 1.165) is 55.9 Å². The van der Waals surface area contributed by atoms with Gasteiger partial charge in [-0.05, 0) is 98.6 Å². The van der Waals surface area contributed by atoms with Crippen LogP contribution in [0.3, 0.4) is 0 Å². The Morgan fingerprint density at radius 1 is 0.956 bits per heavy atom. The number of para-hydroxylation sites is 1. The lowest BCUT2D eigenvalue weighted by atomic mass is 9.86. The van der Waals surface area contributed by atoms with Gasteiger partial charge in [-0.2, -0.15) is 0 Å². The molecule has 7 nitrogen and oxygen atoms in total. The third-order valence-electron chi connectivity index (χ3n) is 10.9. The molecule has 4 atom stereocenters. The fraction of sp³-hybridized carbons (Fsp3) is 0.486. The van der Waals surface area contributed by atoms with Crippen molar-refractivity contribution in [1.82, 2.24) is 5.32 Å². The number of benzene rings is 3. The van der Waals surface area contributed by atoms with Gasteiger partial charge in [0, 0.05) is 18.0 Å². The van der Waals surface area contributed by atoms with Crippen LogP contribution in [0.4, 0.5) is 11.4 Å². The maximum Gasteiger partial charge on any atom is 0.254 e. The first kappa shape index (κ1) is 31.8. The second-order valence-electron chi connectivity index (χ2n) is 13.7. The summed E-state index contributed by atoms with van der Waals surface area (Å²) in [5.74, 6) is 1.46. The summed E-state index contributed by atoms with van der Waals surface area (Å²) < 4.78 is 12.2. The van der Waals surface area contributed by atoms with E-state index in [1.165, 1.54) is 10.8 Å². The number of nitrogens with one attached hydrogen (secondary N) is 1. The molecule has 3 saturated heterocycles. The van der Waals surface area contributed by atoms with Gasteiger partial charge in [0.15, 0.2) is 0 Å². The van der Waals surface area contributed by atoms with E-state index in [-0.39, 0.29) is 24.7 Å². The lowest BCUT2D eigenvalue weighted by Crippen LogP contribution is -2.55. The number of methoxy groups -OCH3 is 1. The summed E-state index contributed by atoms with van der Waals surface area (Å²) in [4.78, 5) is 18.5. The van der Waals surface area contributed by atoms with Crippen LogP contribution in [-0.2, 0) is 16.0 Å². The molecule has 3 aromatic carbocycles. The number of carbonyl (C=O) groups is 1. The van der Waals surface area contributed by atoms with Crippen LogP contribution < -0.4 is 25.0 Å². The predicted octanol–water partition coefficient (Wildman–Crippen LogP) is 5.33. The Hall–Kier alpha value is -3.17. The minimum Gasteiger partial charge on any atom is -0.497 e. The molecule has 3 aromatic rings. The fourth-order valence-corrected chi connectivity index (χ4v) is 12.5. The highest BCUT2D eigenvalue weighted by Crippen LogP contribution is 2.46. The van der Waals surface area contributed by atoms with Gasteiger partial charge in [-0.15, -0.1) is 0 Å². The van der Waals surface area contributed by atoms with E-state index in [9.17, 15) is 9.90 Å². The molecule has 0 unspecified atom stereocenters. The molecule has 2 N–H and O–H groups in total. The Morgan fingerprint density at radius 3 is 2.36 bits per heavy atom. The molecule has 3 aliphatic heterocycles. The molecule has 6 rings (SSSR count). The van der Waals surface area contributed by atoms with E-state index >= 15 is 0 Å². The quantitative estimate of drug-likeness (QED) is 0.296. The highest BCUT2D eigenvalue weighted by molar-refractivity contribution is 6.91. The van der Waals surface area contributed by atoms with Crippen molar-refractivity contribution >= 4 is 30.5 Å². The maximum absolute atomic E-state index is 14.2. The fourth-order valence-electron chi connectivity index (χ4n) is 8.40. The van der Waals surface area contributed by atoms with Crippen LogP contribution >= 0.6 is 0 Å². The number of aryl methyl sites for hydroxylation is 1. The van der Waals surface area contributed by atoms with Crippen LogP contribution in [0.15, 0.2) is 78.9 Å². The SMILES string of the molecule is COc1ccc([Si](C)(C)[C@@H]2[C@@H](C)[C@@H](CCc3cccc(N4CN(c5ccccc5)C5(CCNCC5)C4=O)c3)O[C@H]2CCO)cc1. The normalized spacial score (nSPS) is 24.9. The van der Waals surface area contributed by atoms with Gasteiger partial charge in [0.1, 0.15) is 11.3 Å². The van der Waals surface area contributed by atoms with E-state index in [2.05, 4.69) is 103 Å². The molecule has 0 aromatic heterocycles. The number of amides is 1. The van der Waals surface area contributed by atoms with E-state index in [0.29, 0.717) is 24.5 Å². The number of nitrogens with zero attached hydrogens (tertiary/aromatic N) is 2. The monoisotopic (exact) mass is 627 g/mol. The van der Waals surface area contributed by atoms with Gasteiger partial charge in [-0.1, -0.05) is 67.7 Å². The molecule has 8 heteroatoms. The predicted molar refractivity (Wildman–Crippen MR) is 184 cm³/mol. The molecule has 0 radical (unpaired) electrons. The Balaban J connectivity index is 1.18. The summed E-state index contributed by atoms with van der Waals surface area (Å²) in [6.45, 7) is 9.62. The lowest BCUT2D eigenvalue weighted by molar-refractivity contribution is -0.122. The van der Waals surface area contributed by atoms with E-state index in [1.54, 1.807) is 7.11 Å². The van der Waals surface area contributed by atoms with Gasteiger partial charge >= 0.3 is 0 Å². The number of aliphatic hydroxyl groups excluding tert-OH is 1. The van der Waals surface area contributed by atoms with Crippen molar-refractivity contribution in [2.75, 3.05) is 43.3 Å². The standard InChI is InChI=1S/C37H49N3O4Si/c1-27-33(44-34(19-24-41)35(27)45(3,4)32-16-14-31(43-2)15-17-32)18-13-28-9-8-12-30(25-28)39-26-40(29-10-6-5-7-11-29)37(36(39)42)20-22-38-23-21-37/h5-12,14-17,25,27,33-35,38,41H,13,18-24,26H2,1-4H3/t27-,33+,34-,35+/m0/s1. The van der Waals surface area contributed by atoms with E-state index in [4.69, 9.17) is 9.47 Å². The van der Waals surface area contributed by atoms with Crippen LogP contribution in [-0.4, -0.2) is 70.3 Å². The van der Waals surface area contributed by atoms with E-state index in [1.807, 2.05) is 11.0 Å². The Labute approximate surface area is 269 Å². The van der Waals surface area contributed by atoms with E-state index < -0.39 is 13.6 Å². The number of carbonyl (C=O) groups excluding carboxylic acids is 1. The van der Waals surface area contributed by atoms with Crippen molar-refractivity contribution in [2.24, 2.45) is 5.92 Å². The van der Waals surface area contributed by atoms with Crippen molar-refractivity contribution in [3.8, 4) is 5.75 Å². The van der Waals surface area contributed by atoms with Crippen molar-refractivity contribution < 1.29 is 19.4 Å². The van der Waals surface area contributed by atoms with Gasteiger partial charge in [0.05, 0.1) is 34.1 Å². The second kappa shape index (κ2) is 13.3. The number of rotatable bonds is 10. The molecule has 1 amide bonds. The van der Waals surface area contributed by atoms with Gasteiger partial charge in [0.2, 0.25) is 0 Å². The summed E-state index contributed by atoms with van der Waals surface area (Å²) in [6, 6.07) is 27.5. The molecule has 45 heavy (non-hydrogen) atoms. The second-order valence-corrected chi connectivity index (χ2v) is 18.4. The van der Waals surface area contributed by atoms with Crippen LogP contribution in [0.5, 0.6) is 5.75 Å². The molecule has 1 spiro atoms. The number of hydrogen-bond donors (Lipinski definition) is 2. The summed E-state index contributed by atoms with van der Waals surface area (Å²) >= 11 is 0. The lowest BCUT2D eigenvalue weighted by Gasteiger charge is -2.39. The summed E-state index contributed by atoms with van der Waals surface area (Å²) in [7, 11) is -0.225. The maximum atomic E-state index is 14.2. The zero-order valence-electron chi connectivity index (χ0n) is 27.2. The minimum atomic E-state index is -1.93. The van der Waals surface area contributed by atoms with Crippen molar-refractivity contribution in [1.29, 1.82) is 0 Å². The summed E-state index contributed by atoms with van der Waals surface area (Å²) in [5.41, 5.74) is 3.20. The Kier molecular flexibility index (Phi) is 9.38. The molecular weight excluding hydrogens is 579 g/mol. The number of ether oxygens (including phenoxy) is 2. The Morgan fingerprint density at radius 2 is 1.67 bits per heavy atom. The molecule has 0 saturated carbocycles. The summed E-state index contributed by atoms with van der Waals surface area (Å²) in [5, 5.41) is 14.8. The van der Waals surface area contributed by atoms with Gasteiger partial charge in [0.25, 0.3) is 5.91 Å². The average Bonchev–Trinajstić information content (AvgIpc) is 3.53. The molecule has 3 aliphatic rings. The molecule has 3 fully saturated rings. The average molecular weight is 628 g/mol. The summed E-state index contributed by atoms with van der Waals surface area (Å²) in [6.07, 6.45) is 4.25. The number of hydrogen-bond acceptors (Lipinski definition) is 6. The zero-order valence-corrected chi connectivity index (χ0v) is 28.2. The topological polar surface area (TPSA) is 74.3 Å². The number of piperidine rings is 1. The highest BCUT2D eigenvalue weighted by atomic mass is 28.3. The van der Waals surface area contributed by atoms with Crippen molar-refractivity contribution in [2.45, 2.75) is 75.4 Å². The number of aliphatic hydroxyl groups is 1. The minimum absolute atomic E-state index is 0.0532. The van der Waals surface area contributed by atoms with Crippen molar-refractivity contribution in [3.05, 3.63) is 84.4 Å². The van der Waals surface area contributed by atoms with Crippen LogP contribution in [0.2, 0.25) is 18.6 Å². The van der Waals surface area contributed by atoms with Crippen LogP contribution in [0.1, 0.15) is 38.2 Å². The first-order valence-electron chi connectivity index (χ1n) is 16.6. The molecular formula is C37H49N3O4Si. The Bertz CT molecular complexity index is 1440. The molecule has 0 aliphatic carbocycles. The zero-order chi connectivity index (χ0) is 31.6. The van der Waals surface area contributed by atoms with Crippen LogP contribution in [0.25, 0.3) is 0 Å². The van der Waals surface area contributed by atoms with Gasteiger partial charge < -0.3 is 24.8 Å². The first-order chi connectivity index (χ1) is 21.8. The first-order valence-corrected chi connectivity index (χ1v) is 19.7. The third kappa shape index (κ3) is 6.05. The largest absolute Gasteiger partial charge is 0.497 e. The van der Waals surface area contributed by atoms with Gasteiger partial charge in [-0.3, -0.25) is 9.69 Å². The molecule has 0 bridgehead atoms. The smallest absolute Gasteiger partial charge is 0.254 e. The molecule has 240 valence electrons. The van der Waals surface area contributed by atoms with Crippen LogP contribution in [0, 0.1) is 5.92 Å². The van der Waals surface area contributed by atoms with Crippen molar-refractivity contribution in [3.63, 3.8) is 0 Å². The number of anilines is 2. The third-order valence-corrected chi connectivity index (χ3v) is 15.3. The molecule has 3 heterocycles. The van der Waals surface area contributed by atoms with Gasteiger partial charge in [-0.25, -0.2) is 0 Å².